The maximum atomic E-state index is 5.32. The molecule has 0 aliphatic heterocycles. The molecule has 0 rings (SSSR count). The van der Waals surface area contributed by atoms with Crippen LogP contribution in [-0.4, -0.2) is 65.8 Å². The normalized spacial score (nSPS) is 13.1. The van der Waals surface area contributed by atoms with Crippen molar-refractivity contribution in [1.82, 2.24) is 9.80 Å². The van der Waals surface area contributed by atoms with Crippen molar-refractivity contribution in [2.75, 3.05) is 26.2 Å². The number of hydrogen-bond donors (Lipinski definition) is 0. The minimum atomic E-state index is 0.149. The molecule has 4 atom stereocenters. The van der Waals surface area contributed by atoms with Crippen LogP contribution < -0.4 is 0 Å². The summed E-state index contributed by atoms with van der Waals surface area (Å²) < 4.78 is 4.60. The third-order valence-corrected chi connectivity index (χ3v) is 15.1. The molecule has 0 aromatic rings. The van der Waals surface area contributed by atoms with Gasteiger partial charge in [0.2, 0.25) is 0 Å². The first-order valence-corrected chi connectivity index (χ1v) is 26.9. The molecule has 0 aliphatic carbocycles. The first-order chi connectivity index (χ1) is 23.6. The van der Waals surface area contributed by atoms with Gasteiger partial charge in [-0.15, -0.1) is 0 Å². The summed E-state index contributed by atoms with van der Waals surface area (Å²) in [4.78, 5) is 4.61. The predicted molar refractivity (Wildman–Crippen MR) is 241 cm³/mol. The summed E-state index contributed by atoms with van der Waals surface area (Å²) in [5.41, 5.74) is 0. The molecule has 0 saturated carbocycles. The summed E-state index contributed by atoms with van der Waals surface area (Å²) in [6.45, 7) is 27.1. The summed E-state index contributed by atoms with van der Waals surface area (Å²) >= 11 is 21.4. The third-order valence-electron chi connectivity index (χ3n) is 10.0. The van der Waals surface area contributed by atoms with Gasteiger partial charge in [0.1, 0.15) is 0 Å². The minimum absolute atomic E-state index is 0.149. The molecule has 0 radical (unpaired) electrons. The summed E-state index contributed by atoms with van der Waals surface area (Å²) in [5, 5.41) is 0. The molecule has 0 aromatic heterocycles. The van der Waals surface area contributed by atoms with E-state index in [2.05, 4.69) is 79.0 Å². The van der Waals surface area contributed by atoms with E-state index < -0.39 is 0 Å². The molecule has 0 aliphatic rings. The van der Waals surface area contributed by atoms with Crippen molar-refractivity contribution in [1.29, 1.82) is 0 Å². The Morgan fingerprint density at radius 3 is 0.816 bits per heavy atom. The molecule has 0 bridgehead atoms. The van der Waals surface area contributed by atoms with E-state index in [1.54, 1.807) is 8.87 Å². The second-order valence-corrected chi connectivity index (χ2v) is 20.8. The molecule has 0 spiro atoms. The fourth-order valence-electron chi connectivity index (χ4n) is 6.09. The van der Waals surface area contributed by atoms with Crippen LogP contribution in [0.2, 0.25) is 8.87 Å². The van der Waals surface area contributed by atoms with Crippen molar-refractivity contribution in [3.63, 3.8) is 0 Å². The Balaban J connectivity index is -0.000000695. The van der Waals surface area contributed by atoms with E-state index in [4.69, 9.17) is 49.7 Å². The van der Waals surface area contributed by atoms with E-state index in [1.165, 1.54) is 128 Å². The van der Waals surface area contributed by atoms with Gasteiger partial charge in [0, 0.05) is 26.2 Å². The van der Waals surface area contributed by atoms with Gasteiger partial charge in [-0.1, -0.05) is 141 Å². The molecule has 0 saturated heterocycles. The molecule has 0 amide bonds. The van der Waals surface area contributed by atoms with Crippen LogP contribution in [0.1, 0.15) is 198 Å². The Morgan fingerprint density at radius 1 is 0.429 bits per heavy atom. The van der Waals surface area contributed by atoms with E-state index >= 15 is 0 Å². The van der Waals surface area contributed by atoms with Gasteiger partial charge in [0.05, 0.1) is 0 Å². The molecular weight excluding hydrogens is 779 g/mol. The van der Waals surface area contributed by atoms with Crippen molar-refractivity contribution >= 4 is 79.5 Å². The SMILES string of the molecule is CCCCC(CC)CN(CC(CC)CCCC)C(=S)[S-].CCCCC(CC)CN(CC(CC)CCCC)C(=S)[S-].CCC[CH2][Sn+2][CH2]CCC. The van der Waals surface area contributed by atoms with Gasteiger partial charge in [0.15, 0.2) is 0 Å². The Labute approximate surface area is 343 Å². The second-order valence-electron chi connectivity index (χ2n) is 14.5. The first kappa shape index (κ1) is 54.4. The zero-order valence-electron chi connectivity index (χ0n) is 34.7. The average molecular weight is 866 g/mol. The Bertz CT molecular complexity index is 604. The molecule has 7 heteroatoms. The van der Waals surface area contributed by atoms with Gasteiger partial charge in [0.25, 0.3) is 0 Å². The summed E-state index contributed by atoms with van der Waals surface area (Å²) in [5.74, 6) is 3.00. The summed E-state index contributed by atoms with van der Waals surface area (Å²) in [6, 6.07) is 0. The van der Waals surface area contributed by atoms with E-state index in [9.17, 15) is 0 Å². The van der Waals surface area contributed by atoms with Crippen molar-refractivity contribution in [2.24, 2.45) is 23.7 Å². The van der Waals surface area contributed by atoms with Crippen LogP contribution in [0.3, 0.4) is 0 Å². The van der Waals surface area contributed by atoms with Gasteiger partial charge in [-0.2, -0.15) is 0 Å². The van der Waals surface area contributed by atoms with E-state index in [-0.39, 0.29) is 21.1 Å². The molecule has 0 aromatic carbocycles. The van der Waals surface area contributed by atoms with Crippen LogP contribution in [-0.2, 0) is 25.3 Å². The zero-order chi connectivity index (χ0) is 37.7. The Morgan fingerprint density at radius 2 is 0.653 bits per heavy atom. The van der Waals surface area contributed by atoms with Crippen LogP contribution in [0.15, 0.2) is 0 Å². The topological polar surface area (TPSA) is 6.48 Å². The predicted octanol–water partition coefficient (Wildman–Crippen LogP) is 14.2. The number of unbranched alkanes of at least 4 members (excludes halogenated alkanes) is 6. The van der Waals surface area contributed by atoms with Crippen LogP contribution in [0.25, 0.3) is 0 Å². The van der Waals surface area contributed by atoms with Crippen molar-refractivity contribution in [2.45, 2.75) is 207 Å². The van der Waals surface area contributed by atoms with Crippen LogP contribution in [0.4, 0.5) is 0 Å². The number of hydrogen-bond acceptors (Lipinski definition) is 4. The fourth-order valence-corrected chi connectivity index (χ4v) is 10.8. The van der Waals surface area contributed by atoms with Gasteiger partial charge >= 0.3 is 69.5 Å². The zero-order valence-corrected chi connectivity index (χ0v) is 40.8. The first-order valence-electron chi connectivity index (χ1n) is 21.2. The fraction of sp³-hybridized carbons (Fsp3) is 0.952. The van der Waals surface area contributed by atoms with Crippen molar-refractivity contribution < 1.29 is 0 Å². The van der Waals surface area contributed by atoms with Crippen LogP contribution >= 0.6 is 24.4 Å². The maximum absolute atomic E-state index is 5.32. The Kier molecular flexibility index (Phi) is 46.3. The number of nitrogens with zero attached hydrogens (tertiary/aromatic N) is 2. The summed E-state index contributed by atoms with van der Waals surface area (Å²) in [6.07, 6.45) is 26.4. The van der Waals surface area contributed by atoms with E-state index in [1.807, 2.05) is 0 Å². The Hall–Kier alpha value is 1.02. The van der Waals surface area contributed by atoms with Gasteiger partial charge < -0.3 is 59.5 Å². The van der Waals surface area contributed by atoms with Crippen LogP contribution in [0, 0.1) is 23.7 Å². The molecule has 49 heavy (non-hydrogen) atoms. The van der Waals surface area contributed by atoms with E-state index in [0.717, 1.165) is 49.9 Å². The van der Waals surface area contributed by atoms with Crippen molar-refractivity contribution in [3.8, 4) is 0 Å². The molecule has 0 N–H and O–H groups in total. The quantitative estimate of drug-likeness (QED) is 0.0305. The average Bonchev–Trinajstić information content (AvgIpc) is 3.10. The monoisotopic (exact) mass is 866 g/mol. The molecule has 0 heterocycles. The summed E-state index contributed by atoms with van der Waals surface area (Å²) in [7, 11) is 0. The molecule has 2 nitrogen and oxygen atoms in total. The molecular formula is C42H86N2S4Sn. The number of thiocarbonyl (C=S) groups is 2. The van der Waals surface area contributed by atoms with Crippen molar-refractivity contribution in [3.05, 3.63) is 0 Å². The number of rotatable bonds is 30. The molecule has 0 fully saturated rings. The molecule has 4 unspecified atom stereocenters. The van der Waals surface area contributed by atoms with E-state index in [0.29, 0.717) is 8.64 Å². The standard InChI is InChI=1S/2C17H35NS2.2C4H9.Sn/c2*1-5-9-11-15(7-3)13-18(17(19)20)14-16(8-4)12-10-6-2;2*1-3-4-2;/h2*15-16H,5-14H2,1-4H3,(H,19,20);2*1,3-4H2,2H3;/q;;;;+2/p-2. The molecule has 292 valence electrons. The van der Waals surface area contributed by atoms with Crippen LogP contribution in [0.5, 0.6) is 0 Å². The van der Waals surface area contributed by atoms with Gasteiger partial charge in [-0.05, 0) is 49.4 Å². The van der Waals surface area contributed by atoms with Gasteiger partial charge in [-0.3, -0.25) is 0 Å². The van der Waals surface area contributed by atoms with Gasteiger partial charge in [-0.25, -0.2) is 0 Å². The second kappa shape index (κ2) is 41.8. The third kappa shape index (κ3) is 35.8.